The molecule has 204 valence electrons. The predicted molar refractivity (Wildman–Crippen MR) is 162 cm³/mol. The smallest absolute Gasteiger partial charge is 0.226 e. The van der Waals surface area contributed by atoms with Crippen LogP contribution in [0.3, 0.4) is 0 Å². The quantitative estimate of drug-likeness (QED) is 0.430. The lowest BCUT2D eigenvalue weighted by Crippen LogP contribution is -2.38. The first-order valence-corrected chi connectivity index (χ1v) is 14.8. The normalized spacial score (nSPS) is 21.2. The largest absolute Gasteiger partial charge is 0.365 e. The highest BCUT2D eigenvalue weighted by molar-refractivity contribution is 5.92. The zero-order valence-electron chi connectivity index (χ0n) is 24.3. The Labute approximate surface area is 230 Å². The summed E-state index contributed by atoms with van der Waals surface area (Å²) >= 11 is 0. The number of allylic oxidation sites excluding steroid dienone is 1. The molecule has 2 aliphatic heterocycles. The molecule has 5 rings (SSSR count). The Morgan fingerprint density at radius 2 is 1.79 bits per heavy atom. The van der Waals surface area contributed by atoms with Crippen molar-refractivity contribution < 1.29 is 4.79 Å². The maximum absolute atomic E-state index is 12.2. The number of piperidine rings is 1. The van der Waals surface area contributed by atoms with E-state index in [1.54, 1.807) is 0 Å². The van der Waals surface area contributed by atoms with E-state index in [2.05, 4.69) is 83.6 Å². The topological polar surface area (TPSA) is 35.6 Å². The zero-order valence-corrected chi connectivity index (χ0v) is 24.3. The highest BCUT2D eigenvalue weighted by Gasteiger charge is 2.31. The van der Waals surface area contributed by atoms with Gasteiger partial charge in [-0.3, -0.25) is 9.69 Å². The van der Waals surface area contributed by atoms with Gasteiger partial charge in [-0.15, -0.1) is 0 Å². The molecular formula is C34H47N3O. The van der Waals surface area contributed by atoms with Crippen molar-refractivity contribution in [3.8, 4) is 0 Å². The minimum atomic E-state index is -0.0108. The Hall–Kier alpha value is -2.85. The van der Waals surface area contributed by atoms with Crippen molar-refractivity contribution in [1.82, 2.24) is 4.90 Å². The third kappa shape index (κ3) is 6.23. The molecule has 0 radical (unpaired) electrons. The van der Waals surface area contributed by atoms with Crippen LogP contribution >= 0.6 is 0 Å². The average Bonchev–Trinajstić information content (AvgIpc) is 3.12. The monoisotopic (exact) mass is 513 g/mol. The molecule has 3 aliphatic rings. The van der Waals surface area contributed by atoms with Crippen LogP contribution in [-0.2, 0) is 4.79 Å². The zero-order chi connectivity index (χ0) is 27.2. The van der Waals surface area contributed by atoms with Gasteiger partial charge < -0.3 is 10.2 Å². The van der Waals surface area contributed by atoms with Gasteiger partial charge in [0.2, 0.25) is 5.91 Å². The van der Waals surface area contributed by atoms with Gasteiger partial charge in [-0.25, -0.2) is 0 Å². The summed E-state index contributed by atoms with van der Waals surface area (Å²) < 4.78 is 0. The Morgan fingerprint density at radius 1 is 1.05 bits per heavy atom. The molecule has 2 unspecified atom stereocenters. The SMILES string of the molecule is CC.CCN1c2ccccc2C2C=C(CN3CCC(c4cc(NC(=O)C(C)C)ccc4C)CC3)C=CC1C2. The number of benzene rings is 2. The predicted octanol–water partition coefficient (Wildman–Crippen LogP) is 7.67. The average molecular weight is 514 g/mol. The van der Waals surface area contributed by atoms with E-state index >= 15 is 0 Å². The Kier molecular flexibility index (Phi) is 9.49. The van der Waals surface area contributed by atoms with Crippen molar-refractivity contribution in [3.63, 3.8) is 0 Å². The van der Waals surface area contributed by atoms with Crippen LogP contribution in [-0.4, -0.2) is 43.0 Å². The minimum Gasteiger partial charge on any atom is -0.365 e. The number of para-hydroxylation sites is 1. The number of fused-ring (bicyclic) bond motifs is 4. The maximum Gasteiger partial charge on any atom is 0.226 e. The summed E-state index contributed by atoms with van der Waals surface area (Å²) in [6.07, 6.45) is 10.9. The van der Waals surface area contributed by atoms with Crippen LogP contribution in [0.1, 0.15) is 82.4 Å². The fourth-order valence-electron chi connectivity index (χ4n) is 6.26. The molecule has 4 nitrogen and oxygen atoms in total. The lowest BCUT2D eigenvalue weighted by atomic mass is 9.85. The van der Waals surface area contributed by atoms with Crippen LogP contribution < -0.4 is 10.2 Å². The fraction of sp³-hybridized carbons (Fsp3) is 0.500. The summed E-state index contributed by atoms with van der Waals surface area (Å²) in [6.45, 7) is 16.6. The van der Waals surface area contributed by atoms with E-state index in [1.165, 1.54) is 34.4 Å². The standard InChI is InChI=1S/C32H41N3O.C2H6/c1-5-35-28-13-11-24(18-26(19-28)29-8-6-7-9-31(29)35)21-34-16-14-25(15-17-34)30-20-27(12-10-23(30)4)33-32(36)22(2)3;1-2/h6-13,18,20,22,25-26,28H,5,14-17,19,21H2,1-4H3,(H,33,36);1-2H3. The van der Waals surface area contributed by atoms with E-state index in [4.69, 9.17) is 0 Å². The molecule has 0 aromatic heterocycles. The summed E-state index contributed by atoms with van der Waals surface area (Å²) in [5.41, 5.74) is 8.01. The molecule has 0 saturated carbocycles. The van der Waals surface area contributed by atoms with Gasteiger partial charge in [0.05, 0.1) is 0 Å². The molecule has 2 heterocycles. The number of likely N-dealkylation sites (tertiary alicyclic amines) is 1. The van der Waals surface area contributed by atoms with Gasteiger partial charge in [0.1, 0.15) is 0 Å². The van der Waals surface area contributed by atoms with E-state index in [0.717, 1.165) is 44.7 Å². The molecule has 1 saturated heterocycles. The third-order valence-corrected chi connectivity index (χ3v) is 8.33. The maximum atomic E-state index is 12.2. The van der Waals surface area contributed by atoms with Crippen molar-refractivity contribution >= 4 is 17.3 Å². The summed E-state index contributed by atoms with van der Waals surface area (Å²) in [4.78, 5) is 17.4. The van der Waals surface area contributed by atoms with E-state index in [-0.39, 0.29) is 11.8 Å². The number of nitrogens with one attached hydrogen (secondary N) is 1. The van der Waals surface area contributed by atoms with Gasteiger partial charge in [0, 0.05) is 42.3 Å². The van der Waals surface area contributed by atoms with Crippen molar-refractivity contribution in [1.29, 1.82) is 0 Å². The first kappa shape index (κ1) is 28.2. The van der Waals surface area contributed by atoms with E-state index < -0.39 is 0 Å². The molecule has 1 aliphatic carbocycles. The van der Waals surface area contributed by atoms with Gasteiger partial charge in [-0.2, -0.15) is 0 Å². The van der Waals surface area contributed by atoms with Gasteiger partial charge in [-0.05, 0) is 92.6 Å². The molecule has 2 atom stereocenters. The van der Waals surface area contributed by atoms with Crippen molar-refractivity contribution in [2.45, 2.75) is 78.7 Å². The first-order valence-electron chi connectivity index (χ1n) is 14.8. The number of hydrogen-bond donors (Lipinski definition) is 1. The highest BCUT2D eigenvalue weighted by atomic mass is 16.1. The molecule has 1 fully saturated rings. The number of aryl methyl sites for hydroxylation is 1. The van der Waals surface area contributed by atoms with Crippen molar-refractivity contribution in [2.24, 2.45) is 5.92 Å². The van der Waals surface area contributed by atoms with Crippen LogP contribution in [0, 0.1) is 12.8 Å². The number of likely N-dealkylation sites (N-methyl/N-ethyl adjacent to an activating group) is 1. The Balaban J connectivity index is 0.00000164. The van der Waals surface area contributed by atoms with Crippen LogP contribution in [0.5, 0.6) is 0 Å². The first-order chi connectivity index (χ1) is 18.4. The number of amides is 1. The number of carbonyl (C=O) groups excluding carboxylic acids is 1. The Bertz CT molecular complexity index is 1160. The lowest BCUT2D eigenvalue weighted by molar-refractivity contribution is -0.118. The molecule has 1 amide bonds. The van der Waals surface area contributed by atoms with Crippen LogP contribution in [0.25, 0.3) is 0 Å². The van der Waals surface area contributed by atoms with Crippen molar-refractivity contribution in [2.75, 3.05) is 36.4 Å². The molecular weight excluding hydrogens is 466 g/mol. The molecule has 0 spiro atoms. The molecule has 2 aromatic carbocycles. The second kappa shape index (κ2) is 12.8. The highest BCUT2D eigenvalue weighted by Crippen LogP contribution is 2.41. The Morgan fingerprint density at radius 3 is 2.50 bits per heavy atom. The number of nitrogens with zero attached hydrogens (tertiary/aromatic N) is 2. The van der Waals surface area contributed by atoms with Crippen molar-refractivity contribution in [3.05, 3.63) is 83.0 Å². The van der Waals surface area contributed by atoms with Crippen LogP contribution in [0.4, 0.5) is 11.4 Å². The molecule has 38 heavy (non-hydrogen) atoms. The molecule has 4 heteroatoms. The second-order valence-corrected chi connectivity index (χ2v) is 11.1. The number of rotatable bonds is 6. The number of carbonyl (C=O) groups is 1. The number of hydrogen-bond acceptors (Lipinski definition) is 3. The second-order valence-electron chi connectivity index (χ2n) is 11.1. The molecule has 2 aromatic rings. The fourth-order valence-corrected chi connectivity index (χ4v) is 6.26. The van der Waals surface area contributed by atoms with E-state index in [1.807, 2.05) is 33.8 Å². The molecule has 1 N–H and O–H groups in total. The summed E-state index contributed by atoms with van der Waals surface area (Å²) in [5, 5.41) is 3.08. The molecule has 2 bridgehead atoms. The lowest BCUT2D eigenvalue weighted by Gasteiger charge is -2.39. The van der Waals surface area contributed by atoms with Crippen LogP contribution in [0.2, 0.25) is 0 Å². The summed E-state index contributed by atoms with van der Waals surface area (Å²) in [6, 6.07) is 15.9. The third-order valence-electron chi connectivity index (χ3n) is 8.33. The van der Waals surface area contributed by atoms with Gasteiger partial charge in [0.15, 0.2) is 0 Å². The van der Waals surface area contributed by atoms with Crippen LogP contribution in [0.15, 0.2) is 66.3 Å². The summed E-state index contributed by atoms with van der Waals surface area (Å²) in [5.74, 6) is 1.13. The van der Waals surface area contributed by atoms with Gasteiger partial charge >= 0.3 is 0 Å². The van der Waals surface area contributed by atoms with Gasteiger partial charge in [0.25, 0.3) is 0 Å². The van der Waals surface area contributed by atoms with E-state index in [0.29, 0.717) is 17.9 Å². The minimum absolute atomic E-state index is 0.0108. The summed E-state index contributed by atoms with van der Waals surface area (Å²) in [7, 11) is 0. The number of anilines is 2. The van der Waals surface area contributed by atoms with Gasteiger partial charge in [-0.1, -0.05) is 70.2 Å². The van der Waals surface area contributed by atoms with E-state index in [9.17, 15) is 4.79 Å².